The highest BCUT2D eigenvalue weighted by Gasteiger charge is 2.19. The van der Waals surface area contributed by atoms with E-state index in [4.69, 9.17) is 4.74 Å². The Hall–Kier alpha value is -0.510. The first-order valence-electron chi connectivity index (χ1n) is 7.14. The minimum absolute atomic E-state index is 0.701. The number of methoxy groups -OCH3 is 1. The van der Waals surface area contributed by atoms with Gasteiger partial charge in [-0.1, -0.05) is 24.3 Å². The first kappa shape index (κ1) is 14.9. The van der Waals surface area contributed by atoms with Gasteiger partial charge in [-0.25, -0.2) is 0 Å². The summed E-state index contributed by atoms with van der Waals surface area (Å²) in [6.45, 7) is 1.69. The zero-order valence-electron chi connectivity index (χ0n) is 12.0. The largest absolute Gasteiger partial charge is 0.380 e. The van der Waals surface area contributed by atoms with E-state index in [0.29, 0.717) is 12.6 Å². The van der Waals surface area contributed by atoms with Crippen LogP contribution in [-0.2, 0) is 17.9 Å². The monoisotopic (exact) mass is 279 g/mol. The third-order valence-electron chi connectivity index (χ3n) is 3.94. The van der Waals surface area contributed by atoms with Gasteiger partial charge >= 0.3 is 0 Å². The quantitative estimate of drug-likeness (QED) is 0.860. The third kappa shape index (κ3) is 4.83. The molecule has 1 N–H and O–H groups in total. The molecule has 0 saturated heterocycles. The molecule has 2 nitrogen and oxygen atoms in total. The molecule has 0 heterocycles. The Kier molecular flexibility index (Phi) is 6.21. The summed E-state index contributed by atoms with van der Waals surface area (Å²) < 4.78 is 5.13. The summed E-state index contributed by atoms with van der Waals surface area (Å²) in [5.74, 6) is 0. The molecule has 1 aliphatic carbocycles. The summed E-state index contributed by atoms with van der Waals surface area (Å²) in [6, 6.07) is 9.43. The number of nitrogens with one attached hydrogen (secondary N) is 1. The van der Waals surface area contributed by atoms with Gasteiger partial charge in [0.2, 0.25) is 0 Å². The number of thioether (sulfide) groups is 1. The van der Waals surface area contributed by atoms with Gasteiger partial charge in [-0.15, -0.1) is 0 Å². The smallest absolute Gasteiger partial charge is 0.0713 e. The molecule has 0 aliphatic heterocycles. The van der Waals surface area contributed by atoms with Crippen molar-refractivity contribution in [3.63, 3.8) is 0 Å². The van der Waals surface area contributed by atoms with Gasteiger partial charge in [0.15, 0.2) is 0 Å². The summed E-state index contributed by atoms with van der Waals surface area (Å²) in [7, 11) is 1.74. The van der Waals surface area contributed by atoms with Gasteiger partial charge in [-0.3, -0.25) is 0 Å². The first-order chi connectivity index (χ1) is 9.31. The van der Waals surface area contributed by atoms with Gasteiger partial charge in [0, 0.05) is 24.9 Å². The molecule has 1 aromatic carbocycles. The molecule has 1 aliphatic rings. The van der Waals surface area contributed by atoms with Gasteiger partial charge in [-0.05, 0) is 43.1 Å². The van der Waals surface area contributed by atoms with Crippen molar-refractivity contribution < 1.29 is 4.74 Å². The predicted octanol–water partition coefficient (Wildman–Crippen LogP) is 3.60. The topological polar surface area (TPSA) is 21.3 Å². The summed E-state index contributed by atoms with van der Waals surface area (Å²) in [5, 5.41) is 4.59. The molecular weight excluding hydrogens is 254 g/mol. The number of hydrogen-bond acceptors (Lipinski definition) is 3. The molecule has 0 bridgehead atoms. The molecule has 0 amide bonds. The van der Waals surface area contributed by atoms with Crippen LogP contribution in [-0.4, -0.2) is 24.7 Å². The van der Waals surface area contributed by atoms with Crippen LogP contribution in [0.1, 0.15) is 36.8 Å². The van der Waals surface area contributed by atoms with E-state index in [9.17, 15) is 0 Å². The molecule has 1 fully saturated rings. The second-order valence-electron chi connectivity index (χ2n) is 5.34. The van der Waals surface area contributed by atoms with Crippen LogP contribution in [0, 0.1) is 0 Å². The number of rotatable bonds is 6. The SMILES string of the molecule is COCc1ccc(CNC2CCC(SC)CC2)cc1. The van der Waals surface area contributed by atoms with Crippen LogP contribution in [0.25, 0.3) is 0 Å². The van der Waals surface area contributed by atoms with Crippen molar-refractivity contribution in [2.45, 2.75) is 50.1 Å². The molecule has 106 valence electrons. The minimum atomic E-state index is 0.701. The fraction of sp³-hybridized carbons (Fsp3) is 0.625. The molecule has 3 heteroatoms. The van der Waals surface area contributed by atoms with Crippen LogP contribution < -0.4 is 5.32 Å². The van der Waals surface area contributed by atoms with E-state index >= 15 is 0 Å². The Morgan fingerprint density at radius 3 is 2.32 bits per heavy atom. The molecule has 0 aromatic heterocycles. The second kappa shape index (κ2) is 7.93. The molecule has 1 aromatic rings. The minimum Gasteiger partial charge on any atom is -0.380 e. The normalized spacial score (nSPS) is 23.5. The Labute approximate surface area is 121 Å². The molecule has 0 atom stereocenters. The number of hydrogen-bond donors (Lipinski definition) is 1. The first-order valence-corrected chi connectivity index (χ1v) is 8.43. The molecule has 19 heavy (non-hydrogen) atoms. The van der Waals surface area contributed by atoms with E-state index in [1.807, 2.05) is 11.8 Å². The van der Waals surface area contributed by atoms with Crippen molar-refractivity contribution in [2.24, 2.45) is 0 Å². The maximum absolute atomic E-state index is 5.13. The highest BCUT2D eigenvalue weighted by atomic mass is 32.2. The van der Waals surface area contributed by atoms with Gasteiger partial charge in [0.1, 0.15) is 0 Å². The fourth-order valence-electron chi connectivity index (χ4n) is 2.68. The molecule has 2 rings (SSSR count). The maximum Gasteiger partial charge on any atom is 0.0713 e. The van der Waals surface area contributed by atoms with Crippen LogP contribution in [0.4, 0.5) is 0 Å². The van der Waals surface area contributed by atoms with Gasteiger partial charge < -0.3 is 10.1 Å². The van der Waals surface area contributed by atoms with Crippen molar-refractivity contribution in [1.82, 2.24) is 5.32 Å². The molecule has 1 saturated carbocycles. The van der Waals surface area contributed by atoms with E-state index in [1.165, 1.54) is 36.8 Å². The summed E-state index contributed by atoms with van der Waals surface area (Å²) >= 11 is 2.03. The van der Waals surface area contributed by atoms with Gasteiger partial charge in [-0.2, -0.15) is 11.8 Å². The van der Waals surface area contributed by atoms with Crippen LogP contribution in [0.5, 0.6) is 0 Å². The van der Waals surface area contributed by atoms with Crippen molar-refractivity contribution in [3.05, 3.63) is 35.4 Å². The highest BCUT2D eigenvalue weighted by molar-refractivity contribution is 7.99. The lowest BCUT2D eigenvalue weighted by Gasteiger charge is -2.28. The van der Waals surface area contributed by atoms with Crippen LogP contribution in [0.15, 0.2) is 24.3 Å². The number of ether oxygens (including phenoxy) is 1. The maximum atomic E-state index is 5.13. The molecule has 0 unspecified atom stereocenters. The highest BCUT2D eigenvalue weighted by Crippen LogP contribution is 2.26. The van der Waals surface area contributed by atoms with Crippen molar-refractivity contribution in [2.75, 3.05) is 13.4 Å². The van der Waals surface area contributed by atoms with Crippen molar-refractivity contribution in [3.8, 4) is 0 Å². The zero-order valence-corrected chi connectivity index (χ0v) is 12.8. The molecular formula is C16H25NOS. The van der Waals surface area contributed by atoms with Gasteiger partial charge in [0.05, 0.1) is 6.61 Å². The Morgan fingerprint density at radius 1 is 1.11 bits per heavy atom. The zero-order chi connectivity index (χ0) is 13.5. The molecule has 0 spiro atoms. The summed E-state index contributed by atoms with van der Waals surface area (Å²) in [5.41, 5.74) is 2.61. The van der Waals surface area contributed by atoms with E-state index in [0.717, 1.165) is 11.8 Å². The lowest BCUT2D eigenvalue weighted by Crippen LogP contribution is -2.33. The van der Waals surface area contributed by atoms with Crippen molar-refractivity contribution in [1.29, 1.82) is 0 Å². The standard InChI is InChI=1S/C16H25NOS/c1-18-12-14-5-3-13(4-6-14)11-17-15-7-9-16(19-2)10-8-15/h3-6,15-17H,7-12H2,1-2H3. The van der Waals surface area contributed by atoms with Gasteiger partial charge in [0.25, 0.3) is 0 Å². The van der Waals surface area contributed by atoms with Crippen LogP contribution >= 0.6 is 11.8 Å². The second-order valence-corrected chi connectivity index (χ2v) is 6.48. The average molecular weight is 279 g/mol. The summed E-state index contributed by atoms with van der Waals surface area (Å²) in [4.78, 5) is 0. The lowest BCUT2D eigenvalue weighted by molar-refractivity contribution is 0.185. The fourth-order valence-corrected chi connectivity index (χ4v) is 3.43. The van der Waals surface area contributed by atoms with Crippen LogP contribution in [0.2, 0.25) is 0 Å². The van der Waals surface area contributed by atoms with Crippen molar-refractivity contribution >= 4 is 11.8 Å². The number of benzene rings is 1. The van der Waals surface area contributed by atoms with Crippen LogP contribution in [0.3, 0.4) is 0 Å². The van der Waals surface area contributed by atoms with E-state index in [2.05, 4.69) is 35.8 Å². The Morgan fingerprint density at radius 2 is 1.74 bits per heavy atom. The average Bonchev–Trinajstić information content (AvgIpc) is 2.47. The summed E-state index contributed by atoms with van der Waals surface area (Å²) in [6.07, 6.45) is 7.62. The predicted molar refractivity (Wildman–Crippen MR) is 83.6 cm³/mol. The Bertz CT molecular complexity index is 358. The van der Waals surface area contributed by atoms with E-state index in [1.54, 1.807) is 7.11 Å². The Balaban J connectivity index is 1.73. The third-order valence-corrected chi connectivity index (χ3v) is 5.07. The lowest BCUT2D eigenvalue weighted by atomic mass is 9.95. The van der Waals surface area contributed by atoms with E-state index < -0.39 is 0 Å². The molecule has 0 radical (unpaired) electrons. The van der Waals surface area contributed by atoms with E-state index in [-0.39, 0.29) is 0 Å².